The summed E-state index contributed by atoms with van der Waals surface area (Å²) >= 11 is 0. The smallest absolute Gasteiger partial charge is 0.325 e. The van der Waals surface area contributed by atoms with Gasteiger partial charge in [-0.05, 0) is 44.4 Å². The van der Waals surface area contributed by atoms with Gasteiger partial charge in [-0.2, -0.15) is 13.2 Å². The van der Waals surface area contributed by atoms with E-state index in [2.05, 4.69) is 10.3 Å². The predicted octanol–water partition coefficient (Wildman–Crippen LogP) is 2.70. The van der Waals surface area contributed by atoms with Crippen LogP contribution >= 0.6 is 0 Å². The van der Waals surface area contributed by atoms with Crippen LogP contribution < -0.4 is 10.9 Å². The van der Waals surface area contributed by atoms with Crippen molar-refractivity contribution < 1.29 is 18.0 Å². The van der Waals surface area contributed by atoms with Gasteiger partial charge in [-0.15, -0.1) is 0 Å². The fraction of sp³-hybridized carbons (Fsp3) is 0.353. The molecule has 0 unspecified atom stereocenters. The summed E-state index contributed by atoms with van der Waals surface area (Å²) in [7, 11) is 0. The highest BCUT2D eigenvalue weighted by Gasteiger charge is 2.30. The highest BCUT2D eigenvalue weighted by atomic mass is 19.4. The van der Waals surface area contributed by atoms with Crippen molar-refractivity contribution in [1.82, 2.24) is 9.55 Å². The Morgan fingerprint density at radius 2 is 2.08 bits per heavy atom. The van der Waals surface area contributed by atoms with Gasteiger partial charge in [-0.25, -0.2) is 4.98 Å². The molecule has 1 aliphatic carbocycles. The first-order valence-corrected chi connectivity index (χ1v) is 7.82. The summed E-state index contributed by atoms with van der Waals surface area (Å²) in [6.07, 6.45) is -2.24. The molecule has 2 aromatic rings. The summed E-state index contributed by atoms with van der Waals surface area (Å²) < 4.78 is 39.4. The van der Waals surface area contributed by atoms with Crippen LogP contribution in [0, 0.1) is 6.92 Å². The molecule has 1 amide bonds. The van der Waals surface area contributed by atoms with Gasteiger partial charge in [0.2, 0.25) is 5.91 Å². The van der Waals surface area contributed by atoms with Crippen molar-refractivity contribution in [3.05, 3.63) is 57.3 Å². The first-order valence-electron chi connectivity index (χ1n) is 7.82. The van der Waals surface area contributed by atoms with Crippen molar-refractivity contribution in [2.45, 2.75) is 38.9 Å². The number of fused-ring (bicyclic) bond motifs is 1. The number of carbonyl (C=O) groups excluding carboxylic acids is 1. The number of aromatic nitrogens is 2. The monoisotopic (exact) mass is 351 g/mol. The largest absolute Gasteiger partial charge is 0.416 e. The minimum atomic E-state index is -4.49. The average Bonchev–Trinajstić information content (AvgIpc) is 2.99. The Morgan fingerprint density at radius 3 is 2.80 bits per heavy atom. The third-order valence-corrected chi connectivity index (χ3v) is 4.15. The molecule has 8 heteroatoms. The van der Waals surface area contributed by atoms with E-state index in [1.54, 1.807) is 6.92 Å². The number of rotatable bonds is 3. The van der Waals surface area contributed by atoms with Gasteiger partial charge in [0.1, 0.15) is 12.4 Å². The second-order valence-corrected chi connectivity index (χ2v) is 5.96. The lowest BCUT2D eigenvalue weighted by Crippen LogP contribution is -2.32. The molecule has 5 nitrogen and oxygen atoms in total. The third-order valence-electron chi connectivity index (χ3n) is 4.15. The summed E-state index contributed by atoms with van der Waals surface area (Å²) in [4.78, 5) is 29.0. The molecule has 0 saturated heterocycles. The zero-order chi connectivity index (χ0) is 18.2. The van der Waals surface area contributed by atoms with Crippen LogP contribution in [0.3, 0.4) is 0 Å². The normalized spacial score (nSPS) is 13.6. The van der Waals surface area contributed by atoms with E-state index in [1.165, 1.54) is 16.7 Å². The van der Waals surface area contributed by atoms with E-state index in [0.717, 1.165) is 30.7 Å². The number of anilines is 1. The third kappa shape index (κ3) is 3.57. The van der Waals surface area contributed by atoms with Gasteiger partial charge in [0.15, 0.2) is 0 Å². The Hall–Kier alpha value is -2.64. The number of carbonyl (C=O) groups is 1. The zero-order valence-electron chi connectivity index (χ0n) is 13.5. The average molecular weight is 351 g/mol. The number of halogens is 3. The molecule has 132 valence electrons. The number of alkyl halides is 3. The molecule has 1 heterocycles. The van der Waals surface area contributed by atoms with Gasteiger partial charge < -0.3 is 5.32 Å². The molecule has 1 aliphatic rings. The molecule has 0 spiro atoms. The lowest BCUT2D eigenvalue weighted by Gasteiger charge is -2.13. The van der Waals surface area contributed by atoms with Crippen molar-refractivity contribution in [2.75, 3.05) is 5.32 Å². The molecule has 1 aromatic carbocycles. The first-order chi connectivity index (χ1) is 11.8. The van der Waals surface area contributed by atoms with Crippen LogP contribution in [-0.2, 0) is 30.4 Å². The zero-order valence-corrected chi connectivity index (χ0v) is 13.5. The van der Waals surface area contributed by atoms with Crippen molar-refractivity contribution in [3.63, 3.8) is 0 Å². The molecular formula is C17H16F3N3O2. The number of hydrogen-bond donors (Lipinski definition) is 1. The summed E-state index contributed by atoms with van der Waals surface area (Å²) in [5.41, 5.74) is 0.325. The molecule has 0 radical (unpaired) electrons. The Kier molecular flexibility index (Phi) is 4.36. The maximum absolute atomic E-state index is 12.7. The molecule has 1 aromatic heterocycles. The minimum absolute atomic E-state index is 0.0275. The van der Waals surface area contributed by atoms with E-state index in [1.807, 2.05) is 0 Å². The Bertz CT molecular complexity index is 888. The van der Waals surface area contributed by atoms with Gasteiger partial charge >= 0.3 is 6.18 Å². The first kappa shape index (κ1) is 17.2. The number of benzene rings is 1. The van der Waals surface area contributed by atoms with Crippen LogP contribution in [0.4, 0.5) is 18.9 Å². The molecule has 0 fully saturated rings. The maximum atomic E-state index is 12.7. The molecule has 3 rings (SSSR count). The Morgan fingerprint density at radius 1 is 1.32 bits per heavy atom. The molecule has 0 aliphatic heterocycles. The van der Waals surface area contributed by atoms with Gasteiger partial charge in [-0.1, -0.05) is 6.07 Å². The van der Waals surface area contributed by atoms with Crippen LogP contribution in [0.1, 0.15) is 29.1 Å². The lowest BCUT2D eigenvalue weighted by molar-refractivity contribution is -0.137. The van der Waals surface area contributed by atoms with Gasteiger partial charge in [0.25, 0.3) is 5.56 Å². The molecule has 0 atom stereocenters. The molecule has 1 N–H and O–H groups in total. The van der Waals surface area contributed by atoms with E-state index < -0.39 is 17.6 Å². The second-order valence-electron chi connectivity index (χ2n) is 5.96. The minimum Gasteiger partial charge on any atom is -0.325 e. The van der Waals surface area contributed by atoms with Crippen LogP contribution in [-0.4, -0.2) is 15.5 Å². The summed E-state index contributed by atoms with van der Waals surface area (Å²) in [5.74, 6) is -0.158. The number of nitrogens with zero attached hydrogens (tertiary/aromatic N) is 2. The lowest BCUT2D eigenvalue weighted by atomic mass is 10.2. The number of hydrogen-bond acceptors (Lipinski definition) is 3. The van der Waals surface area contributed by atoms with Gasteiger partial charge in [-0.3, -0.25) is 14.2 Å². The van der Waals surface area contributed by atoms with E-state index >= 15 is 0 Å². The number of nitrogens with one attached hydrogen (secondary N) is 1. The van der Waals surface area contributed by atoms with Crippen molar-refractivity contribution in [3.8, 4) is 0 Å². The highest BCUT2D eigenvalue weighted by Crippen LogP contribution is 2.30. The molecule has 25 heavy (non-hydrogen) atoms. The number of amides is 1. The standard InChI is InChI=1S/C17H16F3N3O2/c1-10-21-14-7-3-6-13(14)16(25)23(10)9-15(24)22-12-5-2-4-11(8-12)17(18,19)20/h2,4-5,8H,3,6-7,9H2,1H3,(H,22,24). The van der Waals surface area contributed by atoms with Crippen molar-refractivity contribution >= 4 is 11.6 Å². The number of aryl methyl sites for hydroxylation is 2. The van der Waals surface area contributed by atoms with Gasteiger partial charge in [0.05, 0.1) is 11.3 Å². The Labute approximate surface area is 141 Å². The summed E-state index contributed by atoms with van der Waals surface area (Å²) in [5, 5.41) is 2.40. The van der Waals surface area contributed by atoms with E-state index in [-0.39, 0.29) is 17.8 Å². The van der Waals surface area contributed by atoms with Crippen LogP contribution in [0.15, 0.2) is 29.1 Å². The predicted molar refractivity (Wildman–Crippen MR) is 85.3 cm³/mol. The second kappa shape index (κ2) is 6.34. The summed E-state index contributed by atoms with van der Waals surface area (Å²) in [6, 6.07) is 4.36. The fourth-order valence-corrected chi connectivity index (χ4v) is 2.95. The van der Waals surface area contributed by atoms with Crippen molar-refractivity contribution in [2.24, 2.45) is 0 Å². The van der Waals surface area contributed by atoms with Crippen LogP contribution in [0.25, 0.3) is 0 Å². The molecule has 0 saturated carbocycles. The SMILES string of the molecule is Cc1nc2c(c(=O)n1CC(=O)Nc1cccc(C(F)(F)F)c1)CCC2. The summed E-state index contributed by atoms with van der Waals surface area (Å²) in [6.45, 7) is 1.35. The molecular weight excluding hydrogens is 335 g/mol. The van der Waals surface area contributed by atoms with E-state index in [4.69, 9.17) is 0 Å². The fourth-order valence-electron chi connectivity index (χ4n) is 2.95. The quantitative estimate of drug-likeness (QED) is 0.925. The van der Waals surface area contributed by atoms with E-state index in [9.17, 15) is 22.8 Å². The maximum Gasteiger partial charge on any atom is 0.416 e. The van der Waals surface area contributed by atoms with Crippen LogP contribution in [0.5, 0.6) is 0 Å². The Balaban J connectivity index is 1.79. The van der Waals surface area contributed by atoms with E-state index in [0.29, 0.717) is 17.8 Å². The molecule has 0 bridgehead atoms. The van der Waals surface area contributed by atoms with Gasteiger partial charge in [0, 0.05) is 11.3 Å². The highest BCUT2D eigenvalue weighted by molar-refractivity contribution is 5.90. The van der Waals surface area contributed by atoms with Crippen molar-refractivity contribution in [1.29, 1.82) is 0 Å². The topological polar surface area (TPSA) is 64.0 Å². The van der Waals surface area contributed by atoms with Crippen LogP contribution in [0.2, 0.25) is 0 Å².